The van der Waals surface area contributed by atoms with Gasteiger partial charge in [0.2, 0.25) is 0 Å². The van der Waals surface area contributed by atoms with E-state index in [0.29, 0.717) is 0 Å². The lowest BCUT2D eigenvalue weighted by Crippen LogP contribution is -2.44. The normalized spacial score (nSPS) is 21.2. The minimum Gasteiger partial charge on any atom is -0.306 e. The molecule has 0 amide bonds. The molecule has 0 aromatic carbocycles. The van der Waals surface area contributed by atoms with Crippen molar-refractivity contribution in [2.24, 2.45) is 11.3 Å². The number of piperazine rings is 1. The fraction of sp³-hybridized carbons (Fsp3) is 0.818. The monoisotopic (exact) mass is 757 g/mol. The molecule has 0 unspecified atom stereocenters. The lowest BCUT2D eigenvalue weighted by molar-refractivity contribution is 0.0519. The van der Waals surface area contributed by atoms with Gasteiger partial charge < -0.3 is 29.4 Å². The van der Waals surface area contributed by atoms with Crippen LogP contribution in [0.5, 0.6) is 0 Å². The standard InChI is InChI=1S/C11H22N2.C7H15N.C6H14N2.2C6H8N2.C6H13N.2CH4/c1-12-7-3-11(4-8-12)5-9-13(2)10-6-11;2*1-7-3-5-8(2)6-4-7;1-5-3-8-6(2)4-7-5;1-5-3-7-6(2)8-4-5;1-7-5-3-2-4-6-7;;/h3-10H2,1-2H3;7H,3-6H2,1-2H3;3-6H2,1-2H3;2*3-4H,1-2H3;2-6H2,1H3;2*1H4. The summed E-state index contributed by atoms with van der Waals surface area (Å²) in [5.41, 5.74) is 3.78. The molecule has 5 aliphatic heterocycles. The molecule has 0 atom stereocenters. The lowest BCUT2D eigenvalue weighted by Gasteiger charge is -2.45. The van der Waals surface area contributed by atoms with Crippen LogP contribution in [0.3, 0.4) is 0 Å². The van der Waals surface area contributed by atoms with E-state index in [2.05, 4.69) is 98.5 Å². The van der Waals surface area contributed by atoms with Crippen molar-refractivity contribution in [1.82, 2.24) is 49.3 Å². The number of likely N-dealkylation sites (tertiary alicyclic amines) is 4. The van der Waals surface area contributed by atoms with E-state index in [4.69, 9.17) is 0 Å². The van der Waals surface area contributed by atoms with Crippen LogP contribution < -0.4 is 0 Å². The van der Waals surface area contributed by atoms with Gasteiger partial charge in [0.15, 0.2) is 0 Å². The molecule has 5 fully saturated rings. The summed E-state index contributed by atoms with van der Waals surface area (Å²) in [6, 6.07) is 0. The van der Waals surface area contributed by atoms with Crippen molar-refractivity contribution in [2.45, 2.75) is 107 Å². The minimum atomic E-state index is 0. The summed E-state index contributed by atoms with van der Waals surface area (Å²) in [5, 5.41) is 0. The Morgan fingerprint density at radius 3 is 1.07 bits per heavy atom. The molecule has 10 nitrogen and oxygen atoms in total. The van der Waals surface area contributed by atoms with Crippen molar-refractivity contribution in [3.05, 3.63) is 47.6 Å². The van der Waals surface area contributed by atoms with E-state index in [1.807, 2.05) is 40.1 Å². The molecular formula is C44H88N10. The van der Waals surface area contributed by atoms with Crippen LogP contribution in [0, 0.1) is 39.0 Å². The van der Waals surface area contributed by atoms with E-state index in [-0.39, 0.29) is 14.9 Å². The fourth-order valence-corrected chi connectivity index (χ4v) is 6.70. The summed E-state index contributed by atoms with van der Waals surface area (Å²) in [6.45, 7) is 25.5. The molecule has 0 radical (unpaired) electrons. The first-order valence-electron chi connectivity index (χ1n) is 20.4. The summed E-state index contributed by atoms with van der Waals surface area (Å²) < 4.78 is 0. The van der Waals surface area contributed by atoms with Gasteiger partial charge in [-0.05, 0) is 191 Å². The van der Waals surface area contributed by atoms with Gasteiger partial charge in [-0.25, -0.2) is 9.97 Å². The molecule has 0 aliphatic carbocycles. The zero-order valence-corrected chi connectivity index (χ0v) is 35.7. The van der Waals surface area contributed by atoms with Crippen LogP contribution in [-0.4, -0.2) is 170 Å². The molecule has 54 heavy (non-hydrogen) atoms. The van der Waals surface area contributed by atoms with Gasteiger partial charge in [-0.2, -0.15) is 0 Å². The van der Waals surface area contributed by atoms with Crippen molar-refractivity contribution >= 4 is 0 Å². The SMILES string of the molecule is C.C.CC1CCN(C)CC1.CN1CCC2(CC1)CCN(C)CC2.CN1CCCCC1.CN1CCN(C)CC1.Cc1cnc(C)cn1.Cc1cnc(C)nc1. The summed E-state index contributed by atoms with van der Waals surface area (Å²) in [7, 11) is 13.2. The Kier molecular flexibility index (Phi) is 28.1. The summed E-state index contributed by atoms with van der Waals surface area (Å²) in [6.07, 6.45) is 20.0. The van der Waals surface area contributed by atoms with Crippen molar-refractivity contribution in [1.29, 1.82) is 0 Å². The van der Waals surface area contributed by atoms with E-state index in [0.717, 1.165) is 34.1 Å². The van der Waals surface area contributed by atoms with E-state index in [9.17, 15) is 0 Å². The van der Waals surface area contributed by atoms with E-state index in [1.165, 1.54) is 136 Å². The van der Waals surface area contributed by atoms with Gasteiger partial charge in [-0.3, -0.25) is 9.97 Å². The van der Waals surface area contributed by atoms with Crippen LogP contribution in [0.4, 0.5) is 0 Å². The number of nitrogens with zero attached hydrogens (tertiary/aromatic N) is 10. The topological polar surface area (TPSA) is 71.0 Å². The minimum absolute atomic E-state index is 0. The molecule has 2 aromatic rings. The number of hydrogen-bond acceptors (Lipinski definition) is 10. The summed E-state index contributed by atoms with van der Waals surface area (Å²) in [5.74, 6) is 1.81. The number of aromatic nitrogens is 4. The van der Waals surface area contributed by atoms with Gasteiger partial charge in [0, 0.05) is 51.0 Å². The highest BCUT2D eigenvalue weighted by molar-refractivity contribution is 5.00. The zero-order chi connectivity index (χ0) is 38.4. The molecule has 5 saturated heterocycles. The highest BCUT2D eigenvalue weighted by Gasteiger charge is 2.35. The number of likely N-dealkylation sites (N-methyl/N-ethyl adjacent to an activating group) is 2. The Hall–Kier alpha value is -2.08. The molecule has 0 N–H and O–H groups in total. The molecule has 0 saturated carbocycles. The third-order valence-electron chi connectivity index (χ3n) is 11.2. The van der Waals surface area contributed by atoms with Crippen LogP contribution in [0.1, 0.15) is 102 Å². The molecule has 5 aliphatic rings. The summed E-state index contributed by atoms with van der Waals surface area (Å²) in [4.78, 5) is 30.4. The van der Waals surface area contributed by atoms with Gasteiger partial charge in [0.1, 0.15) is 5.82 Å². The van der Waals surface area contributed by atoms with Crippen molar-refractivity contribution in [2.75, 3.05) is 121 Å². The van der Waals surface area contributed by atoms with Crippen LogP contribution in [-0.2, 0) is 0 Å². The Balaban J connectivity index is 0.000000629. The third kappa shape index (κ3) is 24.4. The third-order valence-corrected chi connectivity index (χ3v) is 11.2. The molecule has 7 rings (SSSR count). The van der Waals surface area contributed by atoms with E-state index < -0.39 is 0 Å². The van der Waals surface area contributed by atoms with Gasteiger partial charge in [0.25, 0.3) is 0 Å². The first kappa shape index (κ1) is 51.9. The second-order valence-electron chi connectivity index (χ2n) is 16.7. The largest absolute Gasteiger partial charge is 0.306 e. The first-order valence-corrected chi connectivity index (χ1v) is 20.4. The number of aryl methyl sites for hydroxylation is 4. The van der Waals surface area contributed by atoms with Crippen LogP contribution in [0.2, 0.25) is 0 Å². The molecule has 10 heteroatoms. The maximum atomic E-state index is 4.02. The number of piperidine rings is 4. The smallest absolute Gasteiger partial charge is 0.125 e. The Labute approximate surface area is 335 Å². The van der Waals surface area contributed by atoms with Crippen molar-refractivity contribution in [3.8, 4) is 0 Å². The van der Waals surface area contributed by atoms with Gasteiger partial charge in [0.05, 0.1) is 11.4 Å². The van der Waals surface area contributed by atoms with Crippen LogP contribution in [0.15, 0.2) is 24.8 Å². The molecule has 0 bridgehead atoms. The highest BCUT2D eigenvalue weighted by atomic mass is 15.2. The quantitative estimate of drug-likeness (QED) is 0.276. The van der Waals surface area contributed by atoms with Crippen molar-refractivity contribution < 1.29 is 0 Å². The molecule has 1 spiro atoms. The van der Waals surface area contributed by atoms with Crippen LogP contribution >= 0.6 is 0 Å². The zero-order valence-electron chi connectivity index (χ0n) is 35.7. The molecule has 2 aromatic heterocycles. The van der Waals surface area contributed by atoms with Gasteiger partial charge in [-0.15, -0.1) is 0 Å². The number of rotatable bonds is 0. The average Bonchev–Trinajstić information content (AvgIpc) is 3.14. The van der Waals surface area contributed by atoms with Crippen molar-refractivity contribution in [3.63, 3.8) is 0 Å². The maximum absolute atomic E-state index is 4.02. The second kappa shape index (κ2) is 29.2. The molecule has 314 valence electrons. The second-order valence-corrected chi connectivity index (χ2v) is 16.7. The fourth-order valence-electron chi connectivity index (χ4n) is 6.70. The summed E-state index contributed by atoms with van der Waals surface area (Å²) >= 11 is 0. The van der Waals surface area contributed by atoms with Gasteiger partial charge >= 0.3 is 0 Å². The lowest BCUT2D eigenvalue weighted by atomic mass is 9.71. The average molecular weight is 757 g/mol. The number of hydrogen-bond donors (Lipinski definition) is 0. The maximum Gasteiger partial charge on any atom is 0.125 e. The predicted molar refractivity (Wildman–Crippen MR) is 235 cm³/mol. The molecule has 7 heterocycles. The van der Waals surface area contributed by atoms with Crippen LogP contribution in [0.25, 0.3) is 0 Å². The highest BCUT2D eigenvalue weighted by Crippen LogP contribution is 2.40. The molecular weight excluding hydrogens is 669 g/mol. The Bertz CT molecular complexity index is 974. The Morgan fingerprint density at radius 2 is 0.778 bits per heavy atom. The van der Waals surface area contributed by atoms with E-state index in [1.54, 1.807) is 12.4 Å². The Morgan fingerprint density at radius 1 is 0.444 bits per heavy atom. The first-order chi connectivity index (χ1) is 24.7. The van der Waals surface area contributed by atoms with Gasteiger partial charge in [-0.1, -0.05) is 28.2 Å². The van der Waals surface area contributed by atoms with E-state index >= 15 is 0 Å². The predicted octanol–water partition coefficient (Wildman–Crippen LogP) is 7.20.